The zero-order valence-corrected chi connectivity index (χ0v) is 9.40. The summed E-state index contributed by atoms with van der Waals surface area (Å²) in [6.45, 7) is 2.68. The molecule has 2 rings (SSSR count). The van der Waals surface area contributed by atoms with Gasteiger partial charge in [0.1, 0.15) is 6.26 Å². The molecular weight excluding hydrogens is 206 g/mol. The smallest absolute Gasteiger partial charge is 0.273 e. The fourth-order valence-corrected chi connectivity index (χ4v) is 1.39. The lowest BCUT2D eigenvalue weighted by molar-refractivity contribution is 0.0946. The largest absolute Gasteiger partial charge is 0.446 e. The number of rotatable bonds is 5. The molecule has 1 heterocycles. The molecule has 0 saturated heterocycles. The van der Waals surface area contributed by atoms with Gasteiger partial charge < -0.3 is 15.5 Å². The lowest BCUT2D eigenvalue weighted by Crippen LogP contribution is -2.26. The number of nitrogens with zero attached hydrogens (tertiary/aromatic N) is 1. The quantitative estimate of drug-likeness (QED) is 0.786. The predicted molar refractivity (Wildman–Crippen MR) is 58.8 cm³/mol. The number of nitrogens with one attached hydrogen (secondary N) is 1. The van der Waals surface area contributed by atoms with E-state index < -0.39 is 0 Å². The minimum Gasteiger partial charge on any atom is -0.446 e. The molecular formula is C11H17N3O2. The first-order valence-corrected chi connectivity index (χ1v) is 5.70. The van der Waals surface area contributed by atoms with Crippen LogP contribution in [0.2, 0.25) is 0 Å². The van der Waals surface area contributed by atoms with Crippen LogP contribution in [-0.2, 0) is 0 Å². The van der Waals surface area contributed by atoms with E-state index in [0.29, 0.717) is 17.5 Å². The Hall–Kier alpha value is -1.36. The SMILES string of the molecule is CCC(N)c1nc(C(=O)NCC2CC2)co1. The first-order chi connectivity index (χ1) is 7.70. The Bertz CT molecular complexity index is 371. The van der Waals surface area contributed by atoms with E-state index in [0.717, 1.165) is 13.0 Å². The molecule has 0 aliphatic heterocycles. The highest BCUT2D eigenvalue weighted by Gasteiger charge is 2.23. The van der Waals surface area contributed by atoms with Gasteiger partial charge in [0.25, 0.3) is 5.91 Å². The summed E-state index contributed by atoms with van der Waals surface area (Å²) in [4.78, 5) is 15.7. The third-order valence-corrected chi connectivity index (χ3v) is 2.76. The fraction of sp³-hybridized carbons (Fsp3) is 0.636. The molecule has 1 amide bonds. The molecule has 3 N–H and O–H groups in total. The van der Waals surface area contributed by atoms with Crippen LogP contribution >= 0.6 is 0 Å². The summed E-state index contributed by atoms with van der Waals surface area (Å²) in [7, 11) is 0. The highest BCUT2D eigenvalue weighted by atomic mass is 16.3. The average Bonchev–Trinajstić information content (AvgIpc) is 2.99. The third kappa shape index (κ3) is 2.61. The van der Waals surface area contributed by atoms with Gasteiger partial charge in [-0.1, -0.05) is 6.92 Å². The molecule has 1 unspecified atom stereocenters. The molecule has 1 aromatic rings. The Balaban J connectivity index is 1.91. The molecule has 1 atom stereocenters. The summed E-state index contributed by atoms with van der Waals surface area (Å²) in [6, 6.07) is -0.231. The molecule has 1 aliphatic rings. The van der Waals surface area contributed by atoms with Crippen LogP contribution in [0.3, 0.4) is 0 Å². The fourth-order valence-electron chi connectivity index (χ4n) is 1.39. The third-order valence-electron chi connectivity index (χ3n) is 2.76. The van der Waals surface area contributed by atoms with Gasteiger partial charge in [-0.2, -0.15) is 0 Å². The van der Waals surface area contributed by atoms with Crippen LogP contribution in [0, 0.1) is 5.92 Å². The monoisotopic (exact) mass is 223 g/mol. The zero-order chi connectivity index (χ0) is 11.5. The molecule has 5 nitrogen and oxygen atoms in total. The van der Waals surface area contributed by atoms with Crippen molar-refractivity contribution in [1.29, 1.82) is 0 Å². The van der Waals surface area contributed by atoms with Crippen LogP contribution in [0.1, 0.15) is 48.6 Å². The van der Waals surface area contributed by atoms with E-state index in [4.69, 9.17) is 10.2 Å². The van der Waals surface area contributed by atoms with E-state index in [2.05, 4.69) is 10.3 Å². The molecule has 0 radical (unpaired) electrons. The second-order valence-electron chi connectivity index (χ2n) is 4.24. The van der Waals surface area contributed by atoms with E-state index in [9.17, 15) is 4.79 Å². The van der Waals surface area contributed by atoms with Crippen molar-refractivity contribution in [3.8, 4) is 0 Å². The molecule has 0 aromatic carbocycles. The van der Waals surface area contributed by atoms with Gasteiger partial charge in [0.15, 0.2) is 5.69 Å². The number of nitrogens with two attached hydrogens (primary N) is 1. The summed E-state index contributed by atoms with van der Waals surface area (Å²) in [5.74, 6) is 0.914. The summed E-state index contributed by atoms with van der Waals surface area (Å²) < 4.78 is 5.16. The molecule has 16 heavy (non-hydrogen) atoms. The van der Waals surface area contributed by atoms with Gasteiger partial charge >= 0.3 is 0 Å². The lowest BCUT2D eigenvalue weighted by Gasteiger charge is -2.01. The Morgan fingerprint density at radius 2 is 2.50 bits per heavy atom. The Kier molecular flexibility index (Phi) is 3.24. The summed E-state index contributed by atoms with van der Waals surface area (Å²) in [5, 5.41) is 2.83. The van der Waals surface area contributed by atoms with Crippen molar-refractivity contribution in [2.75, 3.05) is 6.54 Å². The summed E-state index contributed by atoms with van der Waals surface area (Å²) in [6.07, 6.45) is 4.53. The van der Waals surface area contributed by atoms with Gasteiger partial charge in [0.05, 0.1) is 6.04 Å². The Labute approximate surface area is 94.4 Å². The van der Waals surface area contributed by atoms with Crippen LogP contribution in [0.5, 0.6) is 0 Å². The van der Waals surface area contributed by atoms with E-state index in [1.807, 2.05) is 6.92 Å². The molecule has 5 heteroatoms. The predicted octanol–water partition coefficient (Wildman–Crippen LogP) is 1.22. The summed E-state index contributed by atoms with van der Waals surface area (Å²) in [5.41, 5.74) is 6.07. The van der Waals surface area contributed by atoms with Gasteiger partial charge in [-0.25, -0.2) is 4.98 Å². The average molecular weight is 223 g/mol. The van der Waals surface area contributed by atoms with Gasteiger partial charge in [-0.3, -0.25) is 4.79 Å². The van der Waals surface area contributed by atoms with E-state index in [-0.39, 0.29) is 11.9 Å². The van der Waals surface area contributed by atoms with Crippen LogP contribution in [0.25, 0.3) is 0 Å². The van der Waals surface area contributed by atoms with Gasteiger partial charge in [0, 0.05) is 6.54 Å². The number of amides is 1. The number of carbonyl (C=O) groups excluding carboxylic acids is 1. The molecule has 0 spiro atoms. The molecule has 1 aromatic heterocycles. The zero-order valence-electron chi connectivity index (χ0n) is 9.40. The first-order valence-electron chi connectivity index (χ1n) is 5.70. The maximum absolute atomic E-state index is 11.6. The van der Waals surface area contributed by atoms with E-state index in [1.54, 1.807) is 0 Å². The van der Waals surface area contributed by atoms with Crippen molar-refractivity contribution in [3.63, 3.8) is 0 Å². The van der Waals surface area contributed by atoms with E-state index >= 15 is 0 Å². The molecule has 1 fully saturated rings. The normalized spacial score (nSPS) is 17.1. The van der Waals surface area contributed by atoms with Crippen molar-refractivity contribution in [3.05, 3.63) is 17.8 Å². The van der Waals surface area contributed by atoms with Crippen LogP contribution in [0.15, 0.2) is 10.7 Å². The second kappa shape index (κ2) is 4.65. The Morgan fingerprint density at radius 1 is 1.75 bits per heavy atom. The maximum Gasteiger partial charge on any atom is 0.273 e. The van der Waals surface area contributed by atoms with Crippen LogP contribution in [0.4, 0.5) is 0 Å². The highest BCUT2D eigenvalue weighted by Crippen LogP contribution is 2.27. The maximum atomic E-state index is 11.6. The first kappa shape index (κ1) is 11.1. The minimum atomic E-state index is -0.231. The van der Waals surface area contributed by atoms with E-state index in [1.165, 1.54) is 19.1 Å². The number of hydrogen-bond donors (Lipinski definition) is 2. The standard InChI is InChI=1S/C11H17N3O2/c1-2-8(12)11-14-9(6-16-11)10(15)13-5-7-3-4-7/h6-8H,2-5,12H2,1H3,(H,13,15). The molecule has 1 aliphatic carbocycles. The summed E-state index contributed by atoms with van der Waals surface area (Å²) >= 11 is 0. The van der Waals surface area contributed by atoms with Gasteiger partial charge in [0.2, 0.25) is 5.89 Å². The topological polar surface area (TPSA) is 81.1 Å². The van der Waals surface area contributed by atoms with Crippen molar-refractivity contribution in [2.24, 2.45) is 11.7 Å². The number of aromatic nitrogens is 1. The number of carbonyl (C=O) groups is 1. The molecule has 88 valence electrons. The number of hydrogen-bond acceptors (Lipinski definition) is 4. The Morgan fingerprint density at radius 3 is 3.12 bits per heavy atom. The highest BCUT2D eigenvalue weighted by molar-refractivity contribution is 5.91. The van der Waals surface area contributed by atoms with Crippen molar-refractivity contribution in [1.82, 2.24) is 10.3 Å². The molecule has 0 bridgehead atoms. The molecule has 1 saturated carbocycles. The van der Waals surface area contributed by atoms with Gasteiger partial charge in [-0.15, -0.1) is 0 Å². The van der Waals surface area contributed by atoms with Gasteiger partial charge in [-0.05, 0) is 25.2 Å². The van der Waals surface area contributed by atoms with Crippen LogP contribution < -0.4 is 11.1 Å². The number of oxazole rings is 1. The van der Waals surface area contributed by atoms with Crippen LogP contribution in [-0.4, -0.2) is 17.4 Å². The second-order valence-corrected chi connectivity index (χ2v) is 4.24. The van der Waals surface area contributed by atoms with Crippen molar-refractivity contribution in [2.45, 2.75) is 32.2 Å². The van der Waals surface area contributed by atoms with Crippen molar-refractivity contribution >= 4 is 5.91 Å². The van der Waals surface area contributed by atoms with Crippen molar-refractivity contribution < 1.29 is 9.21 Å². The minimum absolute atomic E-state index is 0.176. The lowest BCUT2D eigenvalue weighted by atomic mass is 10.2.